The zero-order valence-corrected chi connectivity index (χ0v) is 30.9. The van der Waals surface area contributed by atoms with Gasteiger partial charge in [-0.2, -0.15) is 0 Å². The number of aliphatic hydroxyl groups is 1. The predicted octanol–water partition coefficient (Wildman–Crippen LogP) is 3.67. The van der Waals surface area contributed by atoms with Crippen LogP contribution in [-0.2, 0) is 23.9 Å². The van der Waals surface area contributed by atoms with Gasteiger partial charge < -0.3 is 36.0 Å². The van der Waals surface area contributed by atoms with E-state index in [9.17, 15) is 29.1 Å². The Morgan fingerprint density at radius 1 is 0.957 bits per heavy atom. The Bertz CT molecular complexity index is 1100. The molecule has 0 aromatic rings. The largest absolute Gasteiger partial charge is 0.366 e. The third kappa shape index (κ3) is 12.9. The predicted molar refractivity (Wildman–Crippen MR) is 183 cm³/mol. The van der Waals surface area contributed by atoms with E-state index in [2.05, 4.69) is 27.8 Å². The van der Waals surface area contributed by atoms with Crippen LogP contribution in [0.15, 0.2) is 12.7 Å². The first-order chi connectivity index (χ1) is 21.4. The Balaban J connectivity index is 3.40. The first kappa shape index (κ1) is 42.0. The highest BCUT2D eigenvalue weighted by atomic mass is 16.6. The Morgan fingerprint density at radius 2 is 1.55 bits per heavy atom. The quantitative estimate of drug-likeness (QED) is 0.101. The Kier molecular flexibility index (Phi) is 15.6. The zero-order chi connectivity index (χ0) is 36.5. The number of carbonyl (C=O) groups is 5. The van der Waals surface area contributed by atoms with Crippen LogP contribution in [0.4, 0.5) is 4.79 Å². The molecule has 1 aliphatic heterocycles. The van der Waals surface area contributed by atoms with Crippen LogP contribution >= 0.6 is 0 Å². The number of nitrogens with one attached hydrogen (secondary N) is 4. The number of rotatable bonds is 15. The standard InChI is InChI=1S/C35H63N5O7/c1-14-16-17-23(25(41)29(43)36-18-15-2)37-28(42)24-19-22(33(5,6)7)20-40(24)30(44)26(34(8,9)10)38-32(46)39-27(35(11,12)13)31(45)47-21(3)4/h15,21-24,26-27,31,45H,2,14,16-20H2,1,3-13H3,(H,36,43)(H,37,42)(H2,38,39,46)/t22-,23?,24+,26-,27-,31?/m1/s1. The third-order valence-corrected chi connectivity index (χ3v) is 8.53. The van der Waals surface area contributed by atoms with E-state index in [1.165, 1.54) is 11.0 Å². The molecule has 1 saturated heterocycles. The summed E-state index contributed by atoms with van der Waals surface area (Å²) in [6.45, 7) is 26.6. The Labute approximate surface area is 282 Å². The molecule has 0 saturated carbocycles. The topological polar surface area (TPSA) is 166 Å². The number of urea groups is 1. The van der Waals surface area contributed by atoms with Gasteiger partial charge >= 0.3 is 6.03 Å². The van der Waals surface area contributed by atoms with Crippen molar-refractivity contribution in [2.75, 3.05) is 13.1 Å². The highest BCUT2D eigenvalue weighted by molar-refractivity contribution is 6.38. The second kappa shape index (κ2) is 17.4. The second-order valence-corrected chi connectivity index (χ2v) is 16.2. The van der Waals surface area contributed by atoms with Crippen molar-refractivity contribution in [2.24, 2.45) is 22.2 Å². The molecular formula is C35H63N5O7. The monoisotopic (exact) mass is 665 g/mol. The summed E-state index contributed by atoms with van der Waals surface area (Å²) in [5, 5.41) is 21.6. The lowest BCUT2D eigenvalue weighted by Gasteiger charge is -2.38. The van der Waals surface area contributed by atoms with Gasteiger partial charge in [-0.3, -0.25) is 19.2 Å². The van der Waals surface area contributed by atoms with Crippen LogP contribution in [-0.4, -0.2) is 89.2 Å². The van der Waals surface area contributed by atoms with Crippen molar-refractivity contribution in [3.63, 3.8) is 0 Å². The summed E-state index contributed by atoms with van der Waals surface area (Å²) in [5.74, 6) is -2.56. The van der Waals surface area contributed by atoms with E-state index in [-0.39, 0.29) is 36.9 Å². The maximum absolute atomic E-state index is 14.4. The van der Waals surface area contributed by atoms with Crippen LogP contribution in [0.3, 0.4) is 0 Å². The molecule has 1 fully saturated rings. The maximum atomic E-state index is 14.4. The summed E-state index contributed by atoms with van der Waals surface area (Å²) in [7, 11) is 0. The fraction of sp³-hybridized carbons (Fsp3) is 0.800. The summed E-state index contributed by atoms with van der Waals surface area (Å²) >= 11 is 0. The van der Waals surface area contributed by atoms with Crippen molar-refractivity contribution < 1.29 is 33.8 Å². The second-order valence-electron chi connectivity index (χ2n) is 16.2. The molecular weight excluding hydrogens is 602 g/mol. The lowest BCUT2D eigenvalue weighted by Crippen LogP contribution is -2.62. The number of hydrogen-bond donors (Lipinski definition) is 5. The molecule has 1 heterocycles. The van der Waals surface area contributed by atoms with E-state index in [1.807, 2.05) is 69.2 Å². The lowest BCUT2D eigenvalue weighted by molar-refractivity contribution is -0.157. The minimum absolute atomic E-state index is 0.0501. The van der Waals surface area contributed by atoms with Gasteiger partial charge in [0.2, 0.25) is 17.6 Å². The Morgan fingerprint density at radius 3 is 2.02 bits per heavy atom. The number of hydrogen-bond acceptors (Lipinski definition) is 7. The van der Waals surface area contributed by atoms with E-state index in [0.29, 0.717) is 12.8 Å². The van der Waals surface area contributed by atoms with Crippen LogP contribution < -0.4 is 21.3 Å². The average Bonchev–Trinajstić information content (AvgIpc) is 3.39. The van der Waals surface area contributed by atoms with Crippen LogP contribution in [0.2, 0.25) is 0 Å². The summed E-state index contributed by atoms with van der Waals surface area (Å²) in [6, 6.07) is -4.46. The summed E-state index contributed by atoms with van der Waals surface area (Å²) < 4.78 is 5.57. The van der Waals surface area contributed by atoms with E-state index in [4.69, 9.17) is 4.74 Å². The number of ketones is 1. The number of likely N-dealkylation sites (tertiary alicyclic amines) is 1. The minimum Gasteiger partial charge on any atom is -0.366 e. The molecule has 5 amide bonds. The number of ether oxygens (including phenoxy) is 1. The fourth-order valence-electron chi connectivity index (χ4n) is 5.51. The van der Waals surface area contributed by atoms with Gasteiger partial charge in [0.1, 0.15) is 12.1 Å². The van der Waals surface area contributed by atoms with E-state index in [0.717, 1.165) is 6.42 Å². The number of Topliss-reactive ketones (excluding diaryl/α,β-unsaturated/α-hetero) is 1. The molecule has 1 rings (SSSR count). The molecule has 0 aromatic carbocycles. The molecule has 12 nitrogen and oxygen atoms in total. The van der Waals surface area contributed by atoms with Gasteiger partial charge in [0, 0.05) is 13.1 Å². The van der Waals surface area contributed by atoms with Crippen LogP contribution in [0.1, 0.15) is 109 Å². The summed E-state index contributed by atoms with van der Waals surface area (Å²) in [5.41, 5.74) is -1.59. The van der Waals surface area contributed by atoms with Gasteiger partial charge in [-0.1, -0.05) is 88.2 Å². The molecule has 12 heteroatoms. The Hall–Kier alpha value is -2.99. The summed E-state index contributed by atoms with van der Waals surface area (Å²) in [4.78, 5) is 68.8. The first-order valence-electron chi connectivity index (χ1n) is 16.9. The van der Waals surface area contributed by atoms with Gasteiger partial charge in [-0.15, -0.1) is 6.58 Å². The van der Waals surface area contributed by atoms with Crippen molar-refractivity contribution in [2.45, 2.75) is 145 Å². The zero-order valence-electron chi connectivity index (χ0n) is 30.9. The molecule has 0 radical (unpaired) electrons. The van der Waals surface area contributed by atoms with Crippen LogP contribution in [0, 0.1) is 22.2 Å². The molecule has 6 atom stereocenters. The lowest BCUT2D eigenvalue weighted by atomic mass is 9.79. The van der Waals surface area contributed by atoms with Crippen molar-refractivity contribution in [3.05, 3.63) is 12.7 Å². The SMILES string of the molecule is C=CCNC(=O)C(=O)C(CCCC)NC(=O)[C@@H]1C[C@@H](C(C)(C)C)CN1C(=O)[C@@H](NC(=O)N[C@H](C(O)OC(C)C)C(C)(C)C)C(C)(C)C. The molecule has 0 aliphatic carbocycles. The highest BCUT2D eigenvalue weighted by Crippen LogP contribution is 2.38. The number of unbranched alkanes of at least 4 members (excludes halogenated alkanes) is 1. The van der Waals surface area contributed by atoms with Gasteiger partial charge in [-0.05, 0) is 48.9 Å². The van der Waals surface area contributed by atoms with E-state index in [1.54, 1.807) is 13.8 Å². The molecule has 2 unspecified atom stereocenters. The van der Waals surface area contributed by atoms with Gasteiger partial charge in [0.05, 0.1) is 18.2 Å². The van der Waals surface area contributed by atoms with Crippen molar-refractivity contribution in [3.8, 4) is 0 Å². The van der Waals surface area contributed by atoms with Crippen LogP contribution in [0.5, 0.6) is 0 Å². The minimum atomic E-state index is -1.29. The molecule has 1 aliphatic rings. The average molecular weight is 666 g/mol. The maximum Gasteiger partial charge on any atom is 0.315 e. The normalized spacial score (nSPS) is 19.7. The van der Waals surface area contributed by atoms with E-state index >= 15 is 0 Å². The molecule has 270 valence electrons. The molecule has 0 spiro atoms. The van der Waals surface area contributed by atoms with Crippen molar-refractivity contribution in [1.29, 1.82) is 0 Å². The molecule has 0 aromatic heterocycles. The van der Waals surface area contributed by atoms with Crippen molar-refractivity contribution in [1.82, 2.24) is 26.2 Å². The number of carbonyl (C=O) groups excluding carboxylic acids is 5. The van der Waals surface area contributed by atoms with Gasteiger partial charge in [0.25, 0.3) is 5.91 Å². The van der Waals surface area contributed by atoms with E-state index < -0.39 is 70.8 Å². The third-order valence-electron chi connectivity index (χ3n) is 8.53. The van der Waals surface area contributed by atoms with Crippen LogP contribution in [0.25, 0.3) is 0 Å². The molecule has 47 heavy (non-hydrogen) atoms. The number of amides is 5. The van der Waals surface area contributed by atoms with Gasteiger partial charge in [-0.25, -0.2) is 4.79 Å². The van der Waals surface area contributed by atoms with Gasteiger partial charge in [0.15, 0.2) is 6.29 Å². The molecule has 5 N–H and O–H groups in total. The summed E-state index contributed by atoms with van der Waals surface area (Å²) in [6.07, 6.45) is 1.89. The smallest absolute Gasteiger partial charge is 0.315 e. The number of nitrogens with zero attached hydrogens (tertiary/aromatic N) is 1. The number of aliphatic hydroxyl groups excluding tert-OH is 1. The molecule has 0 bridgehead atoms. The first-order valence-corrected chi connectivity index (χ1v) is 16.9. The fourth-order valence-corrected chi connectivity index (χ4v) is 5.51. The highest BCUT2D eigenvalue weighted by Gasteiger charge is 2.48. The van der Waals surface area contributed by atoms with Crippen molar-refractivity contribution >= 4 is 29.5 Å².